The van der Waals surface area contributed by atoms with Crippen LogP contribution in [0.1, 0.15) is 0 Å². The largest absolute Gasteiger partial charge is 0.505 e. The minimum Gasteiger partial charge on any atom is -0.505 e. The van der Waals surface area contributed by atoms with E-state index in [1.807, 2.05) is 6.26 Å². The third kappa shape index (κ3) is 1.87. The predicted octanol–water partition coefficient (Wildman–Crippen LogP) is 3.02. The molecule has 0 fully saturated rings. The highest BCUT2D eigenvalue weighted by Crippen LogP contribution is 2.29. The maximum absolute atomic E-state index is 12.7. The summed E-state index contributed by atoms with van der Waals surface area (Å²) in [4.78, 5) is 0.829. The summed E-state index contributed by atoms with van der Waals surface area (Å²) in [6.45, 7) is 0. The van der Waals surface area contributed by atoms with E-state index >= 15 is 0 Å². The Morgan fingerprint density at radius 2 is 2.18 bits per heavy atom. The Balaban J connectivity index is 3.21. The lowest BCUT2D eigenvalue weighted by atomic mass is 10.3. The van der Waals surface area contributed by atoms with Crippen molar-refractivity contribution in [2.75, 3.05) is 6.26 Å². The molecule has 0 spiro atoms. The summed E-state index contributed by atoms with van der Waals surface area (Å²) in [6.07, 6.45) is 1.86. The molecule has 0 aromatic heterocycles. The highest BCUT2D eigenvalue weighted by molar-refractivity contribution is 9.10. The molecule has 0 aliphatic rings. The molecule has 0 aliphatic carbocycles. The maximum atomic E-state index is 12.7. The zero-order valence-corrected chi connectivity index (χ0v) is 8.17. The van der Waals surface area contributed by atoms with Crippen LogP contribution in [0, 0.1) is 5.82 Å². The molecule has 0 bridgehead atoms. The molecule has 1 aromatic carbocycles. The zero-order chi connectivity index (χ0) is 8.43. The van der Waals surface area contributed by atoms with Gasteiger partial charge in [0.15, 0.2) is 11.6 Å². The average molecular weight is 237 g/mol. The molecule has 0 radical (unpaired) electrons. The standard InChI is InChI=1S/C7H6BrFOS/c1-11-4-2-5(8)7(9)6(10)3-4/h2-3,10H,1H3. The van der Waals surface area contributed by atoms with Crippen molar-refractivity contribution in [1.82, 2.24) is 0 Å². The fourth-order valence-electron chi connectivity index (χ4n) is 0.668. The van der Waals surface area contributed by atoms with Gasteiger partial charge < -0.3 is 5.11 Å². The average Bonchev–Trinajstić information content (AvgIpc) is 1.99. The number of hydrogen-bond acceptors (Lipinski definition) is 2. The van der Waals surface area contributed by atoms with Crippen LogP contribution in [0.15, 0.2) is 21.5 Å². The number of phenolic OH excluding ortho intramolecular Hbond substituents is 1. The summed E-state index contributed by atoms with van der Waals surface area (Å²) >= 11 is 4.44. The molecule has 0 amide bonds. The van der Waals surface area contributed by atoms with Crippen molar-refractivity contribution in [3.05, 3.63) is 22.4 Å². The Bertz CT molecular complexity index is 254. The van der Waals surface area contributed by atoms with E-state index in [1.54, 1.807) is 6.07 Å². The topological polar surface area (TPSA) is 20.2 Å². The molecule has 1 rings (SSSR count). The highest BCUT2D eigenvalue weighted by atomic mass is 79.9. The van der Waals surface area contributed by atoms with Gasteiger partial charge >= 0.3 is 0 Å². The number of phenols is 1. The molecule has 0 aliphatic heterocycles. The second kappa shape index (κ2) is 3.45. The lowest BCUT2D eigenvalue weighted by molar-refractivity contribution is 0.428. The van der Waals surface area contributed by atoms with Gasteiger partial charge in [-0.05, 0) is 34.3 Å². The molecule has 60 valence electrons. The van der Waals surface area contributed by atoms with Crippen LogP contribution in [0.5, 0.6) is 5.75 Å². The van der Waals surface area contributed by atoms with E-state index in [1.165, 1.54) is 17.8 Å². The lowest BCUT2D eigenvalue weighted by Gasteiger charge is -2.00. The Morgan fingerprint density at radius 1 is 1.55 bits per heavy atom. The molecule has 0 unspecified atom stereocenters. The molecule has 1 nitrogen and oxygen atoms in total. The second-order valence-electron chi connectivity index (χ2n) is 1.94. The van der Waals surface area contributed by atoms with Crippen LogP contribution in [-0.2, 0) is 0 Å². The molecule has 1 aromatic rings. The van der Waals surface area contributed by atoms with Gasteiger partial charge in [0.1, 0.15) is 0 Å². The Morgan fingerprint density at radius 3 is 2.64 bits per heavy atom. The van der Waals surface area contributed by atoms with E-state index < -0.39 is 5.82 Å². The van der Waals surface area contributed by atoms with E-state index in [-0.39, 0.29) is 5.75 Å². The fraction of sp³-hybridized carbons (Fsp3) is 0.143. The van der Waals surface area contributed by atoms with Gasteiger partial charge in [-0.2, -0.15) is 0 Å². The van der Waals surface area contributed by atoms with E-state index in [4.69, 9.17) is 5.11 Å². The van der Waals surface area contributed by atoms with Crippen molar-refractivity contribution < 1.29 is 9.50 Å². The molecule has 1 N–H and O–H groups in total. The maximum Gasteiger partial charge on any atom is 0.179 e. The fourth-order valence-corrected chi connectivity index (χ4v) is 1.73. The summed E-state index contributed by atoms with van der Waals surface area (Å²) in [7, 11) is 0. The summed E-state index contributed by atoms with van der Waals surface area (Å²) in [6, 6.07) is 3.02. The lowest BCUT2D eigenvalue weighted by Crippen LogP contribution is -1.79. The molecule has 0 atom stereocenters. The highest BCUT2D eigenvalue weighted by Gasteiger charge is 2.06. The zero-order valence-electron chi connectivity index (χ0n) is 5.77. The van der Waals surface area contributed by atoms with E-state index in [0.717, 1.165) is 4.90 Å². The van der Waals surface area contributed by atoms with Crippen molar-refractivity contribution in [2.24, 2.45) is 0 Å². The number of aromatic hydroxyl groups is 1. The van der Waals surface area contributed by atoms with Crippen LogP contribution >= 0.6 is 27.7 Å². The van der Waals surface area contributed by atoms with Crippen LogP contribution in [0.3, 0.4) is 0 Å². The molecule has 0 saturated heterocycles. The van der Waals surface area contributed by atoms with Crippen molar-refractivity contribution >= 4 is 27.7 Å². The van der Waals surface area contributed by atoms with Crippen LogP contribution < -0.4 is 0 Å². The van der Waals surface area contributed by atoms with Gasteiger partial charge in [-0.1, -0.05) is 0 Å². The SMILES string of the molecule is CSc1cc(O)c(F)c(Br)c1. The first kappa shape index (κ1) is 8.87. The van der Waals surface area contributed by atoms with Crippen LogP contribution in [0.4, 0.5) is 4.39 Å². The van der Waals surface area contributed by atoms with Gasteiger partial charge in [0.25, 0.3) is 0 Å². The van der Waals surface area contributed by atoms with Crippen LogP contribution in [0.2, 0.25) is 0 Å². The summed E-state index contributed by atoms with van der Waals surface area (Å²) in [5.41, 5.74) is 0. The molecule has 0 saturated carbocycles. The molecular formula is C7H6BrFOS. The second-order valence-corrected chi connectivity index (χ2v) is 3.68. The van der Waals surface area contributed by atoms with E-state index in [0.29, 0.717) is 4.47 Å². The minimum atomic E-state index is -0.609. The van der Waals surface area contributed by atoms with Gasteiger partial charge in [-0.25, -0.2) is 4.39 Å². The third-order valence-electron chi connectivity index (χ3n) is 1.22. The minimum absolute atomic E-state index is 0.293. The number of thioether (sulfide) groups is 1. The van der Waals surface area contributed by atoms with Gasteiger partial charge in [0.05, 0.1) is 4.47 Å². The quantitative estimate of drug-likeness (QED) is 0.757. The number of halogens is 2. The Kier molecular flexibility index (Phi) is 2.78. The van der Waals surface area contributed by atoms with Gasteiger partial charge in [-0.15, -0.1) is 11.8 Å². The summed E-state index contributed by atoms with van der Waals surface area (Å²) < 4.78 is 13.0. The smallest absolute Gasteiger partial charge is 0.179 e. The van der Waals surface area contributed by atoms with Crippen molar-refractivity contribution in [1.29, 1.82) is 0 Å². The Hall–Kier alpha value is -0.220. The third-order valence-corrected chi connectivity index (χ3v) is 2.50. The first-order valence-corrected chi connectivity index (χ1v) is 4.89. The number of benzene rings is 1. The van der Waals surface area contributed by atoms with Gasteiger partial charge in [-0.3, -0.25) is 0 Å². The molecule has 4 heteroatoms. The predicted molar refractivity (Wildman–Crippen MR) is 47.5 cm³/mol. The first-order valence-electron chi connectivity index (χ1n) is 2.87. The summed E-state index contributed by atoms with van der Waals surface area (Å²) in [5, 5.41) is 8.99. The molecule has 11 heavy (non-hydrogen) atoms. The van der Waals surface area contributed by atoms with Crippen molar-refractivity contribution in [2.45, 2.75) is 4.90 Å². The van der Waals surface area contributed by atoms with Crippen molar-refractivity contribution in [3.63, 3.8) is 0 Å². The van der Waals surface area contributed by atoms with E-state index in [2.05, 4.69) is 15.9 Å². The Labute approximate surface area is 76.7 Å². The molecular weight excluding hydrogens is 231 g/mol. The number of rotatable bonds is 1. The van der Waals surface area contributed by atoms with Gasteiger partial charge in [0, 0.05) is 4.90 Å². The van der Waals surface area contributed by atoms with Crippen LogP contribution in [0.25, 0.3) is 0 Å². The molecule has 0 heterocycles. The van der Waals surface area contributed by atoms with Crippen LogP contribution in [-0.4, -0.2) is 11.4 Å². The monoisotopic (exact) mass is 236 g/mol. The van der Waals surface area contributed by atoms with E-state index in [9.17, 15) is 4.39 Å². The van der Waals surface area contributed by atoms with Crippen molar-refractivity contribution in [3.8, 4) is 5.75 Å². The number of hydrogen-bond donors (Lipinski definition) is 1. The normalized spacial score (nSPS) is 10.1. The van der Waals surface area contributed by atoms with Gasteiger partial charge in [0.2, 0.25) is 0 Å². The first-order chi connectivity index (χ1) is 5.15. The summed E-state index contributed by atoms with van der Waals surface area (Å²) in [5.74, 6) is -0.925.